The molecule has 0 atom stereocenters. The molecule has 0 spiro atoms. The first-order valence-electron chi connectivity index (χ1n) is 2.47. The highest BCUT2D eigenvalue weighted by Gasteiger charge is 1.95. The third-order valence-corrected chi connectivity index (χ3v) is 2.22. The van der Waals surface area contributed by atoms with Crippen LogP contribution in [0, 0.1) is 0 Å². The molecule has 48 valence electrons. The minimum Gasteiger partial charge on any atom is -0.325 e. The summed E-state index contributed by atoms with van der Waals surface area (Å²) in [6.45, 7) is 0. The van der Waals surface area contributed by atoms with Gasteiger partial charge >= 0.3 is 0 Å². The number of halogens is 2. The fraction of sp³-hybridized carbons (Fsp3) is 0. The van der Waals surface area contributed by atoms with E-state index in [-0.39, 0.29) is 0 Å². The van der Waals surface area contributed by atoms with Gasteiger partial charge in [-0.15, -0.1) is 0 Å². The molecule has 1 aromatic rings. The van der Waals surface area contributed by atoms with Crippen LogP contribution in [0.4, 0.5) is 5.69 Å². The average molecular weight is 207 g/mol. The molecule has 9 heavy (non-hydrogen) atoms. The van der Waals surface area contributed by atoms with Crippen molar-refractivity contribution in [1.29, 1.82) is 0 Å². The quantitative estimate of drug-likeness (QED) is 0.674. The third kappa shape index (κ3) is 1.68. The molecule has 0 amide bonds. The second-order valence-electron chi connectivity index (χ2n) is 1.75. The SMILES string of the molecule is [NH3+]c1ccc(Br)c(Cl)c1. The zero-order chi connectivity index (χ0) is 6.85. The molecule has 0 aliphatic heterocycles. The number of hydrogen-bond acceptors (Lipinski definition) is 0. The van der Waals surface area contributed by atoms with Gasteiger partial charge in [0.2, 0.25) is 0 Å². The molecule has 1 rings (SSSR count). The van der Waals surface area contributed by atoms with E-state index in [0.717, 1.165) is 10.2 Å². The molecule has 0 saturated heterocycles. The number of rotatable bonds is 0. The Morgan fingerprint density at radius 1 is 1.44 bits per heavy atom. The Labute approximate surface area is 66.9 Å². The lowest BCUT2D eigenvalue weighted by Crippen LogP contribution is -2.39. The van der Waals surface area contributed by atoms with Crippen LogP contribution in [0.5, 0.6) is 0 Å². The fourth-order valence-electron chi connectivity index (χ4n) is 0.540. The van der Waals surface area contributed by atoms with E-state index in [4.69, 9.17) is 11.6 Å². The number of quaternary nitrogens is 1. The van der Waals surface area contributed by atoms with Gasteiger partial charge in [-0.3, -0.25) is 0 Å². The van der Waals surface area contributed by atoms with Gasteiger partial charge in [-0.1, -0.05) is 11.6 Å². The van der Waals surface area contributed by atoms with Crippen molar-refractivity contribution in [3.05, 3.63) is 27.7 Å². The minimum absolute atomic E-state index is 0.711. The van der Waals surface area contributed by atoms with Gasteiger partial charge in [-0.25, -0.2) is 0 Å². The largest absolute Gasteiger partial charge is 0.325 e. The highest BCUT2D eigenvalue weighted by Crippen LogP contribution is 2.23. The Morgan fingerprint density at radius 3 is 2.56 bits per heavy atom. The molecule has 3 N–H and O–H groups in total. The van der Waals surface area contributed by atoms with Crippen molar-refractivity contribution in [2.45, 2.75) is 0 Å². The summed E-state index contributed by atoms with van der Waals surface area (Å²) in [6.07, 6.45) is 0. The van der Waals surface area contributed by atoms with Gasteiger partial charge in [0, 0.05) is 16.6 Å². The predicted molar refractivity (Wildman–Crippen MR) is 41.7 cm³/mol. The van der Waals surface area contributed by atoms with Crippen LogP contribution in [0.1, 0.15) is 0 Å². The van der Waals surface area contributed by atoms with Crippen molar-refractivity contribution in [3.63, 3.8) is 0 Å². The maximum Gasteiger partial charge on any atom is 0.129 e. The Hall–Kier alpha value is -0.0500. The Kier molecular flexibility index (Phi) is 2.11. The lowest BCUT2D eigenvalue weighted by Gasteiger charge is -1.92. The highest BCUT2D eigenvalue weighted by atomic mass is 79.9. The molecule has 0 saturated carbocycles. The van der Waals surface area contributed by atoms with Crippen molar-refractivity contribution in [1.82, 2.24) is 0 Å². The summed E-state index contributed by atoms with van der Waals surface area (Å²) < 4.78 is 0.913. The van der Waals surface area contributed by atoms with Crippen molar-refractivity contribution in [3.8, 4) is 0 Å². The summed E-state index contributed by atoms with van der Waals surface area (Å²) in [5.74, 6) is 0. The second-order valence-corrected chi connectivity index (χ2v) is 3.01. The van der Waals surface area contributed by atoms with E-state index >= 15 is 0 Å². The topological polar surface area (TPSA) is 27.6 Å². The first-order chi connectivity index (χ1) is 4.20. The van der Waals surface area contributed by atoms with Gasteiger partial charge in [0.05, 0.1) is 5.02 Å². The fourth-order valence-corrected chi connectivity index (χ4v) is 0.989. The van der Waals surface area contributed by atoms with E-state index in [1.54, 1.807) is 0 Å². The summed E-state index contributed by atoms with van der Waals surface area (Å²) in [5.41, 5.74) is 4.65. The summed E-state index contributed by atoms with van der Waals surface area (Å²) in [5, 5.41) is 0.711. The van der Waals surface area contributed by atoms with Crippen LogP contribution in [-0.4, -0.2) is 0 Å². The van der Waals surface area contributed by atoms with Gasteiger partial charge in [0.25, 0.3) is 0 Å². The van der Waals surface area contributed by atoms with Crippen LogP contribution in [0.15, 0.2) is 22.7 Å². The smallest absolute Gasteiger partial charge is 0.129 e. The van der Waals surface area contributed by atoms with E-state index < -0.39 is 0 Å². The zero-order valence-electron chi connectivity index (χ0n) is 4.70. The van der Waals surface area contributed by atoms with Gasteiger partial charge < -0.3 is 5.73 Å². The van der Waals surface area contributed by atoms with E-state index in [0.29, 0.717) is 5.02 Å². The minimum atomic E-state index is 0.711. The van der Waals surface area contributed by atoms with Crippen LogP contribution < -0.4 is 5.73 Å². The lowest BCUT2D eigenvalue weighted by atomic mass is 10.3. The molecule has 0 aliphatic rings. The lowest BCUT2D eigenvalue weighted by molar-refractivity contribution is -0.254. The van der Waals surface area contributed by atoms with Crippen molar-refractivity contribution in [2.24, 2.45) is 0 Å². The summed E-state index contributed by atoms with van der Waals surface area (Å²) in [4.78, 5) is 0. The predicted octanol–water partition coefficient (Wildman–Crippen LogP) is 1.98. The van der Waals surface area contributed by atoms with Crippen molar-refractivity contribution >= 4 is 33.2 Å². The van der Waals surface area contributed by atoms with E-state index in [1.165, 1.54) is 0 Å². The maximum atomic E-state index is 5.73. The molecule has 0 radical (unpaired) electrons. The Morgan fingerprint density at radius 2 is 2.11 bits per heavy atom. The first-order valence-corrected chi connectivity index (χ1v) is 3.64. The van der Waals surface area contributed by atoms with Crippen LogP contribution in [-0.2, 0) is 0 Å². The molecule has 1 aromatic carbocycles. The zero-order valence-corrected chi connectivity index (χ0v) is 7.04. The van der Waals surface area contributed by atoms with Crippen molar-refractivity contribution < 1.29 is 5.73 Å². The standard InChI is InChI=1S/C6H5BrClN/c7-5-2-1-4(9)3-6(5)8/h1-3H,9H2/p+1. The van der Waals surface area contributed by atoms with Crippen molar-refractivity contribution in [2.75, 3.05) is 0 Å². The monoisotopic (exact) mass is 206 g/mol. The van der Waals surface area contributed by atoms with E-state index in [2.05, 4.69) is 21.7 Å². The molecule has 0 bridgehead atoms. The summed E-state index contributed by atoms with van der Waals surface area (Å²) in [6, 6.07) is 5.59. The van der Waals surface area contributed by atoms with Crippen LogP contribution in [0.3, 0.4) is 0 Å². The maximum absolute atomic E-state index is 5.73. The third-order valence-electron chi connectivity index (χ3n) is 0.984. The van der Waals surface area contributed by atoms with Gasteiger partial charge in [0.1, 0.15) is 5.69 Å². The molecular formula is C6H6BrClN+. The molecule has 1 nitrogen and oxygen atoms in total. The molecule has 0 fully saturated rings. The molecule has 0 aromatic heterocycles. The molecular weight excluding hydrogens is 201 g/mol. The van der Waals surface area contributed by atoms with Crippen LogP contribution >= 0.6 is 27.5 Å². The molecule has 0 heterocycles. The van der Waals surface area contributed by atoms with Gasteiger partial charge in [-0.05, 0) is 22.0 Å². The normalized spacial score (nSPS) is 9.67. The Bertz CT molecular complexity index is 224. The summed E-state index contributed by atoms with van der Waals surface area (Å²) >= 11 is 9.00. The number of benzene rings is 1. The second kappa shape index (κ2) is 2.69. The highest BCUT2D eigenvalue weighted by molar-refractivity contribution is 9.10. The van der Waals surface area contributed by atoms with E-state index in [9.17, 15) is 0 Å². The number of hydrogen-bond donors (Lipinski definition) is 1. The summed E-state index contributed by atoms with van der Waals surface area (Å²) in [7, 11) is 0. The van der Waals surface area contributed by atoms with E-state index in [1.807, 2.05) is 18.2 Å². The van der Waals surface area contributed by atoms with Gasteiger partial charge in [-0.2, -0.15) is 0 Å². The molecule has 0 unspecified atom stereocenters. The average Bonchev–Trinajstić information content (AvgIpc) is 1.80. The first kappa shape index (κ1) is 7.06. The molecule has 0 aliphatic carbocycles. The van der Waals surface area contributed by atoms with Gasteiger partial charge in [0.15, 0.2) is 0 Å². The Balaban J connectivity index is 3.17. The molecule has 3 heteroatoms. The van der Waals surface area contributed by atoms with Crippen LogP contribution in [0.2, 0.25) is 5.02 Å². The van der Waals surface area contributed by atoms with Crippen LogP contribution in [0.25, 0.3) is 0 Å².